The van der Waals surface area contributed by atoms with E-state index in [0.29, 0.717) is 0 Å². The van der Waals surface area contributed by atoms with Crippen molar-refractivity contribution >= 4 is 0 Å². The summed E-state index contributed by atoms with van der Waals surface area (Å²) in [6.45, 7) is 4.32. The molecule has 0 aliphatic carbocycles. The number of nitrogens with two attached hydrogens (primary N) is 1. The van der Waals surface area contributed by atoms with Gasteiger partial charge in [-0.25, -0.2) is 0 Å². The standard InChI is InChI=1S/C16H26N2O2/c1-16(17,18-9-5-4-6-10-18)12-13-7-8-14(19-2)15(11-13)20-3/h7-8,11H,4-6,9-10,12,17H2,1-3H3. The van der Waals surface area contributed by atoms with Crippen molar-refractivity contribution in [2.45, 2.75) is 38.3 Å². The highest BCUT2D eigenvalue weighted by Crippen LogP contribution is 2.29. The summed E-state index contributed by atoms with van der Waals surface area (Å²) in [5, 5.41) is 0. The summed E-state index contributed by atoms with van der Waals surface area (Å²) >= 11 is 0. The molecule has 1 atom stereocenters. The fraction of sp³-hybridized carbons (Fsp3) is 0.625. The summed E-state index contributed by atoms with van der Waals surface area (Å²) < 4.78 is 10.6. The van der Waals surface area contributed by atoms with E-state index in [4.69, 9.17) is 15.2 Å². The average Bonchev–Trinajstić information content (AvgIpc) is 2.47. The van der Waals surface area contributed by atoms with E-state index in [-0.39, 0.29) is 5.66 Å². The van der Waals surface area contributed by atoms with Crippen molar-refractivity contribution in [3.8, 4) is 11.5 Å². The maximum absolute atomic E-state index is 6.54. The lowest BCUT2D eigenvalue weighted by molar-refractivity contribution is 0.0855. The second-order valence-corrected chi connectivity index (χ2v) is 5.77. The molecule has 2 N–H and O–H groups in total. The highest BCUT2D eigenvalue weighted by atomic mass is 16.5. The number of piperidine rings is 1. The van der Waals surface area contributed by atoms with Crippen LogP contribution in [0.3, 0.4) is 0 Å². The Balaban J connectivity index is 2.11. The molecule has 2 rings (SSSR count). The first-order valence-electron chi connectivity index (χ1n) is 7.31. The van der Waals surface area contributed by atoms with Crippen molar-refractivity contribution in [3.63, 3.8) is 0 Å². The zero-order chi connectivity index (χ0) is 14.6. The van der Waals surface area contributed by atoms with E-state index < -0.39 is 0 Å². The molecule has 4 heteroatoms. The minimum Gasteiger partial charge on any atom is -0.493 e. The first-order valence-corrected chi connectivity index (χ1v) is 7.31. The molecule has 20 heavy (non-hydrogen) atoms. The Morgan fingerprint density at radius 2 is 1.75 bits per heavy atom. The van der Waals surface area contributed by atoms with Crippen molar-refractivity contribution in [2.75, 3.05) is 27.3 Å². The second-order valence-electron chi connectivity index (χ2n) is 5.77. The Hall–Kier alpha value is -1.26. The first-order chi connectivity index (χ1) is 9.56. The van der Waals surface area contributed by atoms with Gasteiger partial charge in [0.1, 0.15) is 0 Å². The normalized spacial score (nSPS) is 19.4. The number of benzene rings is 1. The van der Waals surface area contributed by atoms with E-state index in [0.717, 1.165) is 31.0 Å². The smallest absolute Gasteiger partial charge is 0.160 e. The number of hydrogen-bond donors (Lipinski definition) is 1. The van der Waals surface area contributed by atoms with Crippen molar-refractivity contribution < 1.29 is 9.47 Å². The number of hydrogen-bond acceptors (Lipinski definition) is 4. The lowest BCUT2D eigenvalue weighted by Crippen LogP contribution is -2.56. The van der Waals surface area contributed by atoms with Gasteiger partial charge >= 0.3 is 0 Å². The maximum atomic E-state index is 6.54. The zero-order valence-electron chi connectivity index (χ0n) is 12.8. The van der Waals surface area contributed by atoms with E-state index in [9.17, 15) is 0 Å². The van der Waals surface area contributed by atoms with Crippen LogP contribution in [0.2, 0.25) is 0 Å². The Morgan fingerprint density at radius 1 is 1.10 bits per heavy atom. The SMILES string of the molecule is COc1ccc(CC(C)(N)N2CCCCC2)cc1OC. The molecular weight excluding hydrogens is 252 g/mol. The number of rotatable bonds is 5. The Bertz CT molecular complexity index is 440. The summed E-state index contributed by atoms with van der Waals surface area (Å²) in [6.07, 6.45) is 4.63. The Kier molecular flexibility index (Phi) is 4.89. The zero-order valence-corrected chi connectivity index (χ0v) is 12.8. The van der Waals surface area contributed by atoms with E-state index in [2.05, 4.69) is 17.9 Å². The van der Waals surface area contributed by atoms with Crippen LogP contribution in [0.15, 0.2) is 18.2 Å². The highest BCUT2D eigenvalue weighted by Gasteiger charge is 2.28. The van der Waals surface area contributed by atoms with Gasteiger partial charge in [-0.15, -0.1) is 0 Å². The molecule has 1 unspecified atom stereocenters. The molecule has 1 fully saturated rings. The van der Waals surface area contributed by atoms with Crippen molar-refractivity contribution in [3.05, 3.63) is 23.8 Å². The van der Waals surface area contributed by atoms with Crippen LogP contribution in [0.1, 0.15) is 31.7 Å². The maximum Gasteiger partial charge on any atom is 0.160 e. The molecule has 1 aliphatic heterocycles. The van der Waals surface area contributed by atoms with Crippen LogP contribution >= 0.6 is 0 Å². The molecule has 0 amide bonds. The quantitative estimate of drug-likeness (QED) is 0.898. The van der Waals surface area contributed by atoms with E-state index in [1.54, 1.807) is 14.2 Å². The molecule has 0 aromatic heterocycles. The van der Waals surface area contributed by atoms with Gasteiger partial charge in [0.2, 0.25) is 0 Å². The molecule has 4 nitrogen and oxygen atoms in total. The van der Waals surface area contributed by atoms with Gasteiger partial charge in [0.05, 0.1) is 19.9 Å². The molecule has 0 saturated carbocycles. The fourth-order valence-corrected chi connectivity index (χ4v) is 2.92. The fourth-order valence-electron chi connectivity index (χ4n) is 2.92. The van der Waals surface area contributed by atoms with Crippen LogP contribution in [0.5, 0.6) is 11.5 Å². The summed E-state index contributed by atoms with van der Waals surface area (Å²) in [6, 6.07) is 6.03. The summed E-state index contributed by atoms with van der Waals surface area (Å²) in [5.74, 6) is 1.52. The van der Waals surface area contributed by atoms with Gasteiger partial charge in [-0.3, -0.25) is 4.90 Å². The third-order valence-corrected chi connectivity index (χ3v) is 4.09. The molecule has 1 heterocycles. The monoisotopic (exact) mass is 278 g/mol. The Morgan fingerprint density at radius 3 is 2.35 bits per heavy atom. The minimum atomic E-state index is -0.306. The number of methoxy groups -OCH3 is 2. The largest absolute Gasteiger partial charge is 0.493 e. The van der Waals surface area contributed by atoms with Gasteiger partial charge in [-0.2, -0.15) is 0 Å². The lowest BCUT2D eigenvalue weighted by Gasteiger charge is -2.40. The van der Waals surface area contributed by atoms with Crippen molar-refractivity contribution in [1.82, 2.24) is 4.90 Å². The van der Waals surface area contributed by atoms with Crippen LogP contribution in [-0.2, 0) is 6.42 Å². The topological polar surface area (TPSA) is 47.7 Å². The van der Waals surface area contributed by atoms with Crippen LogP contribution in [0.4, 0.5) is 0 Å². The number of likely N-dealkylation sites (tertiary alicyclic amines) is 1. The third kappa shape index (κ3) is 3.44. The predicted molar refractivity (Wildman–Crippen MR) is 81.3 cm³/mol. The third-order valence-electron chi connectivity index (χ3n) is 4.09. The highest BCUT2D eigenvalue weighted by molar-refractivity contribution is 5.43. The van der Waals surface area contributed by atoms with Gasteiger partial charge in [0.15, 0.2) is 11.5 Å². The molecule has 0 radical (unpaired) electrons. The predicted octanol–water partition coefficient (Wildman–Crippen LogP) is 2.41. The summed E-state index contributed by atoms with van der Waals surface area (Å²) in [7, 11) is 3.31. The van der Waals surface area contributed by atoms with Crippen LogP contribution in [0.25, 0.3) is 0 Å². The molecule has 0 spiro atoms. The van der Waals surface area contributed by atoms with Gasteiger partial charge in [-0.05, 0) is 50.6 Å². The van der Waals surface area contributed by atoms with Gasteiger partial charge in [0.25, 0.3) is 0 Å². The second kappa shape index (κ2) is 6.46. The molecule has 1 aliphatic rings. The Labute approximate surface area is 121 Å². The molecule has 1 saturated heterocycles. The van der Waals surface area contributed by atoms with Crippen molar-refractivity contribution in [2.24, 2.45) is 5.73 Å². The number of nitrogens with zero attached hydrogens (tertiary/aromatic N) is 1. The summed E-state index contributed by atoms with van der Waals surface area (Å²) in [4.78, 5) is 2.40. The minimum absolute atomic E-state index is 0.306. The van der Waals surface area contributed by atoms with E-state index in [1.807, 2.05) is 12.1 Å². The molecule has 0 bridgehead atoms. The van der Waals surface area contributed by atoms with Gasteiger partial charge in [-0.1, -0.05) is 12.5 Å². The average molecular weight is 278 g/mol. The van der Waals surface area contributed by atoms with E-state index >= 15 is 0 Å². The molecule has 1 aromatic carbocycles. The molecular formula is C16H26N2O2. The van der Waals surface area contributed by atoms with Crippen LogP contribution < -0.4 is 15.2 Å². The molecule has 1 aromatic rings. The summed E-state index contributed by atoms with van der Waals surface area (Å²) in [5.41, 5.74) is 7.41. The van der Waals surface area contributed by atoms with Gasteiger partial charge in [0, 0.05) is 6.42 Å². The van der Waals surface area contributed by atoms with E-state index in [1.165, 1.54) is 24.8 Å². The van der Waals surface area contributed by atoms with Crippen LogP contribution in [0, 0.1) is 0 Å². The number of ether oxygens (including phenoxy) is 2. The first kappa shape index (κ1) is 15.1. The van der Waals surface area contributed by atoms with Gasteiger partial charge < -0.3 is 15.2 Å². The lowest BCUT2D eigenvalue weighted by atomic mass is 9.97. The van der Waals surface area contributed by atoms with Crippen molar-refractivity contribution in [1.29, 1.82) is 0 Å². The molecule has 112 valence electrons. The van der Waals surface area contributed by atoms with Crippen LogP contribution in [-0.4, -0.2) is 37.9 Å².